The molecule has 3 nitrogen and oxygen atoms in total. The summed E-state index contributed by atoms with van der Waals surface area (Å²) in [5, 5.41) is 3.86. The minimum atomic E-state index is -0.412. The Labute approximate surface area is 238 Å². The SMILES string of the molecule is [2H]c1c([2H])c([2H])c(-c2ccc3cc(-c4nc(Cl)nc(-c5cccc6c(-c7ccccc7)cccc56)n4)ccc3c2)c([2H])c1[2H]. The van der Waals surface area contributed by atoms with Crippen molar-refractivity contribution in [1.82, 2.24) is 15.0 Å². The van der Waals surface area contributed by atoms with Crippen molar-refractivity contribution in [3.05, 3.63) is 139 Å². The third-order valence-electron chi connectivity index (χ3n) is 6.74. The maximum Gasteiger partial charge on any atom is 0.226 e. The molecule has 4 heteroatoms. The molecule has 1 heterocycles. The lowest BCUT2D eigenvalue weighted by atomic mass is 9.95. The van der Waals surface area contributed by atoms with E-state index >= 15 is 0 Å². The van der Waals surface area contributed by atoms with Crippen LogP contribution < -0.4 is 0 Å². The minimum absolute atomic E-state index is 0.0813. The number of aromatic nitrogens is 3. The molecule has 0 N–H and O–H groups in total. The van der Waals surface area contributed by atoms with Gasteiger partial charge in [-0.2, -0.15) is 9.97 Å². The summed E-state index contributed by atoms with van der Waals surface area (Å²) in [6.45, 7) is 0. The van der Waals surface area contributed by atoms with Crippen LogP contribution >= 0.6 is 11.6 Å². The number of hydrogen-bond acceptors (Lipinski definition) is 3. The van der Waals surface area contributed by atoms with Crippen molar-refractivity contribution in [2.45, 2.75) is 0 Å². The molecule has 0 aliphatic carbocycles. The molecule has 0 saturated carbocycles. The first-order chi connectivity index (χ1) is 21.3. The molecule has 0 atom stereocenters. The highest BCUT2D eigenvalue weighted by molar-refractivity contribution is 6.28. The Morgan fingerprint density at radius 1 is 0.487 bits per heavy atom. The quantitative estimate of drug-likeness (QED) is 0.230. The summed E-state index contributed by atoms with van der Waals surface area (Å²) in [6.07, 6.45) is 0. The second-order valence-corrected chi connectivity index (χ2v) is 9.44. The second kappa shape index (κ2) is 9.79. The van der Waals surface area contributed by atoms with Crippen LogP contribution in [-0.4, -0.2) is 15.0 Å². The maximum atomic E-state index is 8.34. The highest BCUT2D eigenvalue weighted by atomic mass is 35.5. The summed E-state index contributed by atoms with van der Waals surface area (Å²) in [6, 6.07) is 32.0. The van der Waals surface area contributed by atoms with Gasteiger partial charge in [0.1, 0.15) is 0 Å². The van der Waals surface area contributed by atoms with Gasteiger partial charge in [0, 0.05) is 11.1 Å². The van der Waals surface area contributed by atoms with Gasteiger partial charge in [-0.3, -0.25) is 0 Å². The van der Waals surface area contributed by atoms with Gasteiger partial charge in [-0.05, 0) is 67.5 Å². The summed E-state index contributed by atoms with van der Waals surface area (Å²) in [7, 11) is 0. The van der Waals surface area contributed by atoms with E-state index < -0.39 is 6.04 Å². The summed E-state index contributed by atoms with van der Waals surface area (Å²) in [5.41, 5.74) is 4.52. The van der Waals surface area contributed by atoms with E-state index in [0.29, 0.717) is 17.2 Å². The van der Waals surface area contributed by atoms with Crippen molar-refractivity contribution >= 4 is 33.1 Å². The number of hydrogen-bond donors (Lipinski definition) is 0. The van der Waals surface area contributed by atoms with Crippen molar-refractivity contribution in [3.63, 3.8) is 0 Å². The van der Waals surface area contributed by atoms with Crippen LogP contribution in [0.4, 0.5) is 0 Å². The normalized spacial score (nSPS) is 13.0. The molecule has 7 aromatic rings. The smallest absolute Gasteiger partial charge is 0.208 e. The van der Waals surface area contributed by atoms with E-state index in [4.69, 9.17) is 23.4 Å². The predicted octanol–water partition coefficient (Wildman–Crippen LogP) is 9.50. The van der Waals surface area contributed by atoms with Gasteiger partial charge in [0.15, 0.2) is 11.6 Å². The van der Waals surface area contributed by atoms with Crippen molar-refractivity contribution in [2.24, 2.45) is 0 Å². The fourth-order valence-electron chi connectivity index (χ4n) is 4.91. The first kappa shape index (κ1) is 18.4. The zero-order valence-electron chi connectivity index (χ0n) is 25.5. The Balaban J connectivity index is 1.31. The van der Waals surface area contributed by atoms with Gasteiger partial charge in [0.05, 0.1) is 6.85 Å². The molecule has 7 rings (SSSR count). The second-order valence-electron chi connectivity index (χ2n) is 9.10. The van der Waals surface area contributed by atoms with Gasteiger partial charge in [-0.15, -0.1) is 0 Å². The summed E-state index contributed by atoms with van der Waals surface area (Å²) in [5.74, 6) is 0.889. The zero-order chi connectivity index (χ0) is 30.5. The topological polar surface area (TPSA) is 38.7 Å². The lowest BCUT2D eigenvalue weighted by Crippen LogP contribution is -1.98. The van der Waals surface area contributed by atoms with Gasteiger partial charge in [-0.1, -0.05) is 121 Å². The van der Waals surface area contributed by atoms with E-state index in [2.05, 4.69) is 40.3 Å². The molecule has 0 radical (unpaired) electrons. The molecule has 184 valence electrons. The van der Waals surface area contributed by atoms with Crippen molar-refractivity contribution < 1.29 is 6.85 Å². The minimum Gasteiger partial charge on any atom is -0.208 e. The fourth-order valence-corrected chi connectivity index (χ4v) is 5.07. The van der Waals surface area contributed by atoms with Crippen molar-refractivity contribution in [1.29, 1.82) is 0 Å². The molecule has 0 spiro atoms. The monoisotopic (exact) mass is 524 g/mol. The molecule has 0 aliphatic rings. The Hall–Kier alpha value is -4.86. The molecule has 0 aliphatic heterocycles. The molecule has 0 amide bonds. The van der Waals surface area contributed by atoms with E-state index in [1.165, 1.54) is 0 Å². The number of fused-ring (bicyclic) bond motifs is 2. The molecule has 0 unspecified atom stereocenters. The van der Waals surface area contributed by atoms with Gasteiger partial charge in [-0.25, -0.2) is 4.98 Å². The fraction of sp³-hybridized carbons (Fsp3) is 0. The summed E-state index contributed by atoms with van der Waals surface area (Å²) < 4.78 is 40.6. The van der Waals surface area contributed by atoms with Crippen molar-refractivity contribution in [3.8, 4) is 45.0 Å². The lowest BCUT2D eigenvalue weighted by Gasteiger charge is -2.11. The standard InChI is InChI=1S/C35H22ClN3/c36-35-38-33(28-20-19-26-21-25(17-18-27(26)22-28)23-9-3-1-4-10-23)37-34(39-35)32-16-8-14-30-29(13-7-15-31(30)32)24-11-5-2-6-12-24/h1-22H/i1D,3D,4D,9D,10D. The molecular weight excluding hydrogens is 498 g/mol. The number of nitrogens with zero attached hydrogens (tertiary/aromatic N) is 3. The predicted molar refractivity (Wildman–Crippen MR) is 162 cm³/mol. The van der Waals surface area contributed by atoms with Crippen LogP contribution in [0.1, 0.15) is 6.85 Å². The molecule has 6 aromatic carbocycles. The highest BCUT2D eigenvalue weighted by Crippen LogP contribution is 2.35. The van der Waals surface area contributed by atoms with Crippen LogP contribution in [0.15, 0.2) is 133 Å². The average Bonchev–Trinajstić information content (AvgIpc) is 3.06. The Kier molecular flexibility index (Phi) is 4.62. The molecule has 0 bridgehead atoms. The molecule has 0 fully saturated rings. The summed E-state index contributed by atoms with van der Waals surface area (Å²) >= 11 is 6.46. The maximum absolute atomic E-state index is 8.34. The van der Waals surface area contributed by atoms with E-state index in [1.807, 2.05) is 66.7 Å². The molecule has 39 heavy (non-hydrogen) atoms. The van der Waals surface area contributed by atoms with Crippen LogP contribution in [0.3, 0.4) is 0 Å². The van der Waals surface area contributed by atoms with Crippen molar-refractivity contribution in [2.75, 3.05) is 0 Å². The van der Waals surface area contributed by atoms with Gasteiger partial charge in [0.25, 0.3) is 0 Å². The van der Waals surface area contributed by atoms with Crippen LogP contribution in [-0.2, 0) is 0 Å². The zero-order valence-corrected chi connectivity index (χ0v) is 21.3. The molecule has 1 aromatic heterocycles. The summed E-state index contributed by atoms with van der Waals surface area (Å²) in [4.78, 5) is 13.8. The van der Waals surface area contributed by atoms with E-state index in [0.717, 1.165) is 43.8 Å². The van der Waals surface area contributed by atoms with Crippen LogP contribution in [0.5, 0.6) is 0 Å². The van der Waals surface area contributed by atoms with Crippen LogP contribution in [0.2, 0.25) is 5.28 Å². The molecule has 0 saturated heterocycles. The Morgan fingerprint density at radius 2 is 1.13 bits per heavy atom. The van der Waals surface area contributed by atoms with Gasteiger partial charge in [0.2, 0.25) is 5.28 Å². The lowest BCUT2D eigenvalue weighted by molar-refractivity contribution is 1.07. The number of benzene rings is 6. The van der Waals surface area contributed by atoms with E-state index in [9.17, 15) is 0 Å². The van der Waals surface area contributed by atoms with E-state index in [-0.39, 0.29) is 35.0 Å². The number of halogens is 1. The van der Waals surface area contributed by atoms with Crippen LogP contribution in [0.25, 0.3) is 66.6 Å². The van der Waals surface area contributed by atoms with Crippen LogP contribution in [0, 0.1) is 0 Å². The number of rotatable bonds is 4. The largest absolute Gasteiger partial charge is 0.226 e. The average molecular weight is 525 g/mol. The highest BCUT2D eigenvalue weighted by Gasteiger charge is 2.14. The third-order valence-corrected chi connectivity index (χ3v) is 6.91. The van der Waals surface area contributed by atoms with Gasteiger partial charge < -0.3 is 0 Å². The Bertz CT molecular complexity index is 2230. The third kappa shape index (κ3) is 4.43. The Morgan fingerprint density at radius 3 is 1.90 bits per heavy atom. The van der Waals surface area contributed by atoms with Gasteiger partial charge >= 0.3 is 0 Å². The first-order valence-corrected chi connectivity index (χ1v) is 12.8. The van der Waals surface area contributed by atoms with E-state index in [1.54, 1.807) is 6.07 Å². The first-order valence-electron chi connectivity index (χ1n) is 14.9. The molecular formula is C35H22ClN3.